The Kier molecular flexibility index (Phi) is 3.93. The molecule has 0 heterocycles. The van der Waals surface area contributed by atoms with Crippen molar-refractivity contribution in [2.24, 2.45) is 17.8 Å². The van der Waals surface area contributed by atoms with Crippen LogP contribution >= 0.6 is 0 Å². The minimum atomic E-state index is -0.568. The van der Waals surface area contributed by atoms with E-state index in [1.54, 1.807) is 6.92 Å². The Morgan fingerprint density at radius 1 is 1.27 bits per heavy atom. The van der Waals surface area contributed by atoms with Gasteiger partial charge in [0.25, 0.3) is 0 Å². The molecule has 1 fully saturated rings. The van der Waals surface area contributed by atoms with Gasteiger partial charge in [-0.15, -0.1) is 0 Å². The standard InChI is InChI=1S/C13H24O2/c1-9(2)13(4,15)12-7-5-11(6-8-12)10(3)14/h9,11-12,15H,5-8H2,1-4H3/t11?,12?,13-/m1/s1. The molecule has 0 aromatic carbocycles. The van der Waals surface area contributed by atoms with E-state index < -0.39 is 5.60 Å². The summed E-state index contributed by atoms with van der Waals surface area (Å²) in [6.07, 6.45) is 3.91. The Balaban J connectivity index is 2.54. The van der Waals surface area contributed by atoms with Gasteiger partial charge in [-0.25, -0.2) is 0 Å². The highest BCUT2D eigenvalue weighted by Crippen LogP contribution is 2.39. The number of Topliss-reactive ketones (excluding diaryl/α,β-unsaturated/α-hetero) is 1. The Bertz CT molecular complexity index is 223. The van der Waals surface area contributed by atoms with Crippen molar-refractivity contribution in [1.29, 1.82) is 0 Å². The average molecular weight is 212 g/mol. The zero-order valence-electron chi connectivity index (χ0n) is 10.4. The maximum Gasteiger partial charge on any atom is 0.132 e. The monoisotopic (exact) mass is 212 g/mol. The van der Waals surface area contributed by atoms with E-state index in [4.69, 9.17) is 0 Å². The summed E-state index contributed by atoms with van der Waals surface area (Å²) >= 11 is 0. The smallest absolute Gasteiger partial charge is 0.132 e. The van der Waals surface area contributed by atoms with E-state index in [-0.39, 0.29) is 11.8 Å². The van der Waals surface area contributed by atoms with Gasteiger partial charge in [0.15, 0.2) is 0 Å². The summed E-state index contributed by atoms with van der Waals surface area (Å²) in [5, 5.41) is 10.4. The molecule has 2 heteroatoms. The van der Waals surface area contributed by atoms with Crippen molar-refractivity contribution in [3.05, 3.63) is 0 Å². The number of carbonyl (C=O) groups excluding carboxylic acids is 1. The van der Waals surface area contributed by atoms with Crippen molar-refractivity contribution in [2.45, 2.75) is 59.0 Å². The van der Waals surface area contributed by atoms with Crippen LogP contribution in [0, 0.1) is 17.8 Å². The molecule has 0 saturated heterocycles. The van der Waals surface area contributed by atoms with Crippen molar-refractivity contribution in [3.63, 3.8) is 0 Å². The summed E-state index contributed by atoms with van der Waals surface area (Å²) in [4.78, 5) is 11.2. The Morgan fingerprint density at radius 2 is 1.73 bits per heavy atom. The predicted octanol–water partition coefficient (Wildman–Crippen LogP) is 2.79. The molecule has 88 valence electrons. The second-order valence-electron chi connectivity index (χ2n) is 5.54. The topological polar surface area (TPSA) is 37.3 Å². The molecule has 1 aliphatic rings. The van der Waals surface area contributed by atoms with Gasteiger partial charge in [0.2, 0.25) is 0 Å². The first-order chi connectivity index (χ1) is 6.85. The van der Waals surface area contributed by atoms with Crippen LogP contribution in [0.2, 0.25) is 0 Å². The molecule has 1 atom stereocenters. The van der Waals surface area contributed by atoms with Gasteiger partial charge in [0.05, 0.1) is 5.60 Å². The number of aliphatic hydroxyl groups is 1. The molecule has 0 unspecified atom stereocenters. The molecule has 15 heavy (non-hydrogen) atoms. The lowest BCUT2D eigenvalue weighted by Crippen LogP contribution is -2.42. The minimum absolute atomic E-state index is 0.254. The van der Waals surface area contributed by atoms with E-state index in [2.05, 4.69) is 13.8 Å². The van der Waals surface area contributed by atoms with E-state index in [9.17, 15) is 9.90 Å². The van der Waals surface area contributed by atoms with Crippen LogP contribution in [0.4, 0.5) is 0 Å². The normalized spacial score (nSPS) is 31.3. The van der Waals surface area contributed by atoms with Crippen molar-refractivity contribution < 1.29 is 9.90 Å². The molecular formula is C13H24O2. The van der Waals surface area contributed by atoms with Crippen LogP contribution in [-0.4, -0.2) is 16.5 Å². The van der Waals surface area contributed by atoms with Crippen molar-refractivity contribution >= 4 is 5.78 Å². The molecule has 0 amide bonds. The quantitative estimate of drug-likeness (QED) is 0.781. The van der Waals surface area contributed by atoms with E-state index in [0.29, 0.717) is 11.7 Å². The first-order valence-electron chi connectivity index (χ1n) is 6.08. The summed E-state index contributed by atoms with van der Waals surface area (Å²) in [6, 6.07) is 0. The highest BCUT2D eigenvalue weighted by atomic mass is 16.3. The van der Waals surface area contributed by atoms with Gasteiger partial charge in [0, 0.05) is 5.92 Å². The molecule has 0 bridgehead atoms. The molecule has 1 saturated carbocycles. The molecule has 2 nitrogen and oxygen atoms in total. The Morgan fingerprint density at radius 3 is 2.07 bits per heavy atom. The molecule has 1 aliphatic carbocycles. The third kappa shape index (κ3) is 2.81. The highest BCUT2D eigenvalue weighted by Gasteiger charge is 2.37. The van der Waals surface area contributed by atoms with Gasteiger partial charge >= 0.3 is 0 Å². The van der Waals surface area contributed by atoms with Crippen LogP contribution in [0.1, 0.15) is 53.4 Å². The largest absolute Gasteiger partial charge is 0.390 e. The summed E-state index contributed by atoms with van der Waals surface area (Å²) in [5.41, 5.74) is -0.568. The average Bonchev–Trinajstić information content (AvgIpc) is 2.17. The number of hydrogen-bond donors (Lipinski definition) is 1. The Labute approximate surface area is 93.1 Å². The number of rotatable bonds is 3. The van der Waals surface area contributed by atoms with Crippen LogP contribution < -0.4 is 0 Å². The minimum Gasteiger partial charge on any atom is -0.390 e. The molecule has 0 aromatic heterocycles. The summed E-state index contributed by atoms with van der Waals surface area (Å²) in [6.45, 7) is 7.76. The zero-order chi connectivity index (χ0) is 11.6. The molecule has 0 aliphatic heterocycles. The number of ketones is 1. The lowest BCUT2D eigenvalue weighted by Gasteiger charge is -2.40. The lowest BCUT2D eigenvalue weighted by molar-refractivity contribution is -0.123. The first kappa shape index (κ1) is 12.7. The van der Waals surface area contributed by atoms with Gasteiger partial charge in [-0.2, -0.15) is 0 Å². The number of hydrogen-bond acceptors (Lipinski definition) is 2. The maximum absolute atomic E-state index is 11.2. The van der Waals surface area contributed by atoms with Gasteiger partial charge in [0.1, 0.15) is 5.78 Å². The fraction of sp³-hybridized carbons (Fsp3) is 0.923. The number of carbonyl (C=O) groups is 1. The third-order valence-corrected chi connectivity index (χ3v) is 4.30. The van der Waals surface area contributed by atoms with Gasteiger partial charge in [-0.1, -0.05) is 13.8 Å². The van der Waals surface area contributed by atoms with Crippen LogP contribution in [0.3, 0.4) is 0 Å². The van der Waals surface area contributed by atoms with Crippen molar-refractivity contribution in [2.75, 3.05) is 0 Å². The van der Waals surface area contributed by atoms with Crippen molar-refractivity contribution in [1.82, 2.24) is 0 Å². The maximum atomic E-state index is 11.2. The van der Waals surface area contributed by atoms with Crippen molar-refractivity contribution in [3.8, 4) is 0 Å². The summed E-state index contributed by atoms with van der Waals surface area (Å²) in [7, 11) is 0. The molecule has 1 rings (SSSR count). The molecule has 0 aromatic rings. The fourth-order valence-electron chi connectivity index (χ4n) is 2.56. The van der Waals surface area contributed by atoms with Gasteiger partial charge in [-0.05, 0) is 51.4 Å². The van der Waals surface area contributed by atoms with Crippen LogP contribution in [0.5, 0.6) is 0 Å². The summed E-state index contributed by atoms with van der Waals surface area (Å²) < 4.78 is 0. The third-order valence-electron chi connectivity index (χ3n) is 4.30. The lowest BCUT2D eigenvalue weighted by atomic mass is 9.69. The van der Waals surface area contributed by atoms with Crippen LogP contribution in [-0.2, 0) is 4.79 Å². The molecule has 0 spiro atoms. The fourth-order valence-corrected chi connectivity index (χ4v) is 2.56. The SMILES string of the molecule is CC(=O)C1CCC([C@](C)(O)C(C)C)CC1. The zero-order valence-corrected chi connectivity index (χ0v) is 10.4. The molecule has 1 N–H and O–H groups in total. The van der Waals surface area contributed by atoms with Gasteiger partial charge in [-0.3, -0.25) is 4.79 Å². The highest BCUT2D eigenvalue weighted by molar-refractivity contribution is 5.78. The van der Waals surface area contributed by atoms with E-state index in [1.165, 1.54) is 0 Å². The second-order valence-corrected chi connectivity index (χ2v) is 5.54. The summed E-state index contributed by atoms with van der Waals surface area (Å²) in [5.74, 6) is 1.23. The molecule has 0 radical (unpaired) electrons. The predicted molar refractivity (Wildman–Crippen MR) is 61.6 cm³/mol. The van der Waals surface area contributed by atoms with Gasteiger partial charge < -0.3 is 5.11 Å². The first-order valence-corrected chi connectivity index (χ1v) is 6.08. The molecular weight excluding hydrogens is 188 g/mol. The van der Waals surface area contributed by atoms with Crippen LogP contribution in [0.15, 0.2) is 0 Å². The second kappa shape index (κ2) is 4.65. The Hall–Kier alpha value is -0.370. The van der Waals surface area contributed by atoms with E-state index >= 15 is 0 Å². The van der Waals surface area contributed by atoms with E-state index in [0.717, 1.165) is 25.7 Å². The van der Waals surface area contributed by atoms with E-state index in [1.807, 2.05) is 6.92 Å². The van der Waals surface area contributed by atoms with Crippen LogP contribution in [0.25, 0.3) is 0 Å².